The maximum atomic E-state index is 12.3. The molecule has 0 aliphatic heterocycles. The van der Waals surface area contributed by atoms with Gasteiger partial charge in [-0.25, -0.2) is 0 Å². The van der Waals surface area contributed by atoms with E-state index in [4.69, 9.17) is 11.6 Å². The summed E-state index contributed by atoms with van der Waals surface area (Å²) in [5, 5.41) is -0.103. The predicted octanol–water partition coefficient (Wildman–Crippen LogP) is 3.28. The number of pyridine rings is 1. The fraction of sp³-hybridized carbons (Fsp3) is 0.455. The van der Waals surface area contributed by atoms with Gasteiger partial charge in [0.15, 0.2) is 0 Å². The molecule has 1 heterocycles. The third-order valence-electron chi connectivity index (χ3n) is 2.62. The van der Waals surface area contributed by atoms with Gasteiger partial charge < -0.3 is 0 Å². The molecule has 0 spiro atoms. The number of alkyl halides is 3. The second-order valence-corrected chi connectivity index (χ2v) is 4.47. The third-order valence-corrected chi connectivity index (χ3v) is 2.95. The molecule has 1 fully saturated rings. The number of nitrogens with zero attached hydrogens (tertiary/aromatic N) is 1. The first-order valence-corrected chi connectivity index (χ1v) is 5.50. The summed E-state index contributed by atoms with van der Waals surface area (Å²) in [5.41, 5.74) is -0.679. The standard InChI is InChI=1S/C11H9ClF3NO/c12-8-3-7(11(13,14)15)5-16-9(8)4-10(17)6-1-2-6/h3,5-6H,1-2,4H2. The van der Waals surface area contributed by atoms with E-state index in [1.165, 1.54) is 0 Å². The first-order chi connectivity index (χ1) is 7.88. The van der Waals surface area contributed by atoms with Gasteiger partial charge in [0.05, 0.1) is 22.7 Å². The average Bonchev–Trinajstić information content (AvgIpc) is 3.02. The molecule has 0 unspecified atom stereocenters. The molecule has 0 atom stereocenters. The van der Waals surface area contributed by atoms with Gasteiger partial charge in [-0.2, -0.15) is 13.2 Å². The van der Waals surface area contributed by atoms with Gasteiger partial charge in [0.25, 0.3) is 0 Å². The van der Waals surface area contributed by atoms with Crippen LogP contribution in [0.4, 0.5) is 13.2 Å². The van der Waals surface area contributed by atoms with Crippen LogP contribution in [-0.2, 0) is 17.4 Å². The molecule has 1 aromatic heterocycles. The van der Waals surface area contributed by atoms with Gasteiger partial charge in [-0.15, -0.1) is 0 Å². The summed E-state index contributed by atoms with van der Waals surface area (Å²) in [6, 6.07) is 0.810. The molecule has 6 heteroatoms. The normalized spacial score (nSPS) is 16.0. The molecule has 0 amide bonds. The zero-order valence-electron chi connectivity index (χ0n) is 8.72. The van der Waals surface area contributed by atoms with Gasteiger partial charge in [-0.1, -0.05) is 11.6 Å². The molecule has 1 aliphatic rings. The van der Waals surface area contributed by atoms with E-state index in [0.29, 0.717) is 6.20 Å². The lowest BCUT2D eigenvalue weighted by atomic mass is 10.1. The fourth-order valence-corrected chi connectivity index (χ4v) is 1.70. The number of carbonyl (C=O) groups is 1. The monoisotopic (exact) mass is 263 g/mol. The second kappa shape index (κ2) is 4.29. The summed E-state index contributed by atoms with van der Waals surface area (Å²) in [6.45, 7) is 0. The van der Waals surface area contributed by atoms with Crippen LogP contribution in [0.2, 0.25) is 5.02 Å². The van der Waals surface area contributed by atoms with Crippen LogP contribution < -0.4 is 0 Å². The minimum absolute atomic E-state index is 0.000779. The Labute approximate surface area is 101 Å². The van der Waals surface area contributed by atoms with E-state index in [1.54, 1.807) is 0 Å². The van der Waals surface area contributed by atoms with Gasteiger partial charge in [-0.05, 0) is 18.9 Å². The van der Waals surface area contributed by atoms with Crippen molar-refractivity contribution in [2.75, 3.05) is 0 Å². The number of hydrogen-bond acceptors (Lipinski definition) is 2. The van der Waals surface area contributed by atoms with Crippen molar-refractivity contribution >= 4 is 17.4 Å². The van der Waals surface area contributed by atoms with Crippen LogP contribution in [-0.4, -0.2) is 10.8 Å². The quantitative estimate of drug-likeness (QED) is 0.838. The molecule has 0 N–H and O–H groups in total. The Morgan fingerprint density at radius 2 is 2.12 bits per heavy atom. The molecule has 0 bridgehead atoms. The Kier molecular flexibility index (Phi) is 3.12. The van der Waals surface area contributed by atoms with Gasteiger partial charge >= 0.3 is 6.18 Å². The van der Waals surface area contributed by atoms with Gasteiger partial charge in [0.1, 0.15) is 5.78 Å². The third kappa shape index (κ3) is 2.97. The molecule has 1 aromatic rings. The minimum Gasteiger partial charge on any atom is -0.299 e. The molecular weight excluding hydrogens is 255 g/mol. The zero-order valence-corrected chi connectivity index (χ0v) is 9.48. The van der Waals surface area contributed by atoms with Crippen molar-refractivity contribution in [3.63, 3.8) is 0 Å². The summed E-state index contributed by atoms with van der Waals surface area (Å²) in [4.78, 5) is 15.1. The smallest absolute Gasteiger partial charge is 0.299 e. The number of Topliss-reactive ketones (excluding diaryl/α,β-unsaturated/α-hetero) is 1. The van der Waals surface area contributed by atoms with Gasteiger partial charge in [0.2, 0.25) is 0 Å². The summed E-state index contributed by atoms with van der Waals surface area (Å²) >= 11 is 5.69. The number of halogens is 4. The molecular formula is C11H9ClF3NO. The molecule has 17 heavy (non-hydrogen) atoms. The SMILES string of the molecule is O=C(Cc1ncc(C(F)(F)F)cc1Cl)C1CC1. The van der Waals surface area contributed by atoms with Crippen LogP contribution in [0.15, 0.2) is 12.3 Å². The van der Waals surface area contributed by atoms with E-state index in [9.17, 15) is 18.0 Å². The van der Waals surface area contributed by atoms with Crippen molar-refractivity contribution in [1.29, 1.82) is 0 Å². The Hall–Kier alpha value is -1.10. The van der Waals surface area contributed by atoms with E-state index in [0.717, 1.165) is 18.9 Å². The first kappa shape index (κ1) is 12.4. The summed E-state index contributed by atoms with van der Waals surface area (Å²) in [5.74, 6) is 0.0503. The largest absolute Gasteiger partial charge is 0.417 e. The van der Waals surface area contributed by atoms with Crippen LogP contribution in [0, 0.1) is 5.92 Å². The van der Waals surface area contributed by atoms with E-state index < -0.39 is 11.7 Å². The van der Waals surface area contributed by atoms with Crippen LogP contribution in [0.5, 0.6) is 0 Å². The van der Waals surface area contributed by atoms with Crippen LogP contribution in [0.3, 0.4) is 0 Å². The van der Waals surface area contributed by atoms with E-state index in [2.05, 4.69) is 4.98 Å². The lowest BCUT2D eigenvalue weighted by molar-refractivity contribution is -0.137. The highest BCUT2D eigenvalue weighted by molar-refractivity contribution is 6.31. The number of rotatable bonds is 3. The van der Waals surface area contributed by atoms with Crippen molar-refractivity contribution in [3.8, 4) is 0 Å². The topological polar surface area (TPSA) is 30.0 Å². The highest BCUT2D eigenvalue weighted by atomic mass is 35.5. The van der Waals surface area contributed by atoms with Crippen molar-refractivity contribution in [3.05, 3.63) is 28.5 Å². The van der Waals surface area contributed by atoms with Crippen molar-refractivity contribution in [1.82, 2.24) is 4.98 Å². The van der Waals surface area contributed by atoms with Crippen molar-refractivity contribution in [2.45, 2.75) is 25.4 Å². The molecule has 1 aliphatic carbocycles. The van der Waals surface area contributed by atoms with Gasteiger partial charge in [0, 0.05) is 12.1 Å². The molecule has 2 rings (SSSR count). The molecule has 0 radical (unpaired) electrons. The Bertz CT molecular complexity index is 455. The van der Waals surface area contributed by atoms with Gasteiger partial charge in [-0.3, -0.25) is 9.78 Å². The number of carbonyl (C=O) groups excluding carboxylic acids is 1. The zero-order chi connectivity index (χ0) is 12.6. The maximum Gasteiger partial charge on any atom is 0.417 e. The predicted molar refractivity (Wildman–Crippen MR) is 55.7 cm³/mol. The van der Waals surface area contributed by atoms with E-state index >= 15 is 0 Å². The van der Waals surface area contributed by atoms with Crippen molar-refractivity contribution in [2.24, 2.45) is 5.92 Å². The molecule has 0 aromatic carbocycles. The Balaban J connectivity index is 2.16. The highest BCUT2D eigenvalue weighted by Crippen LogP contribution is 2.33. The summed E-state index contributed by atoms with van der Waals surface area (Å²) in [7, 11) is 0. The average molecular weight is 264 g/mol. The summed E-state index contributed by atoms with van der Waals surface area (Å²) in [6.07, 6.45) is -2.02. The number of ketones is 1. The lowest BCUT2D eigenvalue weighted by Crippen LogP contribution is -2.10. The second-order valence-electron chi connectivity index (χ2n) is 4.07. The highest BCUT2D eigenvalue weighted by Gasteiger charge is 2.33. The molecule has 1 saturated carbocycles. The molecule has 2 nitrogen and oxygen atoms in total. The lowest BCUT2D eigenvalue weighted by Gasteiger charge is -2.08. The van der Waals surface area contributed by atoms with Crippen LogP contribution >= 0.6 is 11.6 Å². The molecule has 92 valence electrons. The van der Waals surface area contributed by atoms with Crippen molar-refractivity contribution < 1.29 is 18.0 Å². The molecule has 0 saturated heterocycles. The first-order valence-electron chi connectivity index (χ1n) is 5.12. The number of aromatic nitrogens is 1. The fourth-order valence-electron chi connectivity index (χ4n) is 1.47. The van der Waals surface area contributed by atoms with Crippen LogP contribution in [0.1, 0.15) is 24.1 Å². The van der Waals surface area contributed by atoms with E-state index in [1.807, 2.05) is 0 Å². The maximum absolute atomic E-state index is 12.3. The summed E-state index contributed by atoms with van der Waals surface area (Å²) < 4.78 is 37.0. The number of hydrogen-bond donors (Lipinski definition) is 0. The van der Waals surface area contributed by atoms with Crippen LogP contribution in [0.25, 0.3) is 0 Å². The van der Waals surface area contributed by atoms with E-state index in [-0.39, 0.29) is 28.8 Å². The Morgan fingerprint density at radius 1 is 1.47 bits per heavy atom. The Morgan fingerprint density at radius 3 is 2.59 bits per heavy atom. The minimum atomic E-state index is -4.46.